The highest BCUT2D eigenvalue weighted by Crippen LogP contribution is 2.23. The van der Waals surface area contributed by atoms with Crippen molar-refractivity contribution in [3.8, 4) is 0 Å². The Balaban J connectivity index is 2.27. The summed E-state index contributed by atoms with van der Waals surface area (Å²) in [5.74, 6) is -1.60. The van der Waals surface area contributed by atoms with E-state index in [2.05, 4.69) is 0 Å². The molecule has 18 heavy (non-hydrogen) atoms. The maximum absolute atomic E-state index is 13.4. The van der Waals surface area contributed by atoms with Crippen LogP contribution in [-0.4, -0.2) is 5.78 Å². The second-order valence-electron chi connectivity index (χ2n) is 4.15. The lowest BCUT2D eigenvalue weighted by atomic mass is 10.1. The molecule has 0 fully saturated rings. The minimum atomic E-state index is -0.673. The van der Waals surface area contributed by atoms with Gasteiger partial charge in [0, 0.05) is 16.9 Å². The number of Topliss-reactive ketones (excluding diaryl/α,β-unsaturated/α-hetero) is 1. The molecule has 1 aromatic heterocycles. The number of benzene rings is 1. The summed E-state index contributed by atoms with van der Waals surface area (Å²) in [4.78, 5) is 13.6. The summed E-state index contributed by atoms with van der Waals surface area (Å²) in [6.45, 7) is 3.83. The van der Waals surface area contributed by atoms with Gasteiger partial charge in [-0.2, -0.15) is 0 Å². The molecule has 0 atom stereocenters. The Morgan fingerprint density at radius 1 is 1.22 bits per heavy atom. The Hall–Kier alpha value is -1.55. The first-order valence-corrected chi connectivity index (χ1v) is 6.34. The van der Waals surface area contributed by atoms with Gasteiger partial charge in [-0.3, -0.25) is 4.79 Å². The van der Waals surface area contributed by atoms with E-state index in [9.17, 15) is 13.6 Å². The molecule has 0 N–H and O–H groups in total. The molecule has 0 aliphatic heterocycles. The van der Waals surface area contributed by atoms with Crippen LogP contribution in [0.25, 0.3) is 0 Å². The van der Waals surface area contributed by atoms with Gasteiger partial charge in [0.25, 0.3) is 0 Å². The summed E-state index contributed by atoms with van der Waals surface area (Å²) >= 11 is 1.36. The average Bonchev–Trinajstić information content (AvgIpc) is 2.64. The lowest BCUT2D eigenvalue weighted by Crippen LogP contribution is -2.05. The zero-order valence-electron chi connectivity index (χ0n) is 10.1. The van der Waals surface area contributed by atoms with E-state index in [0.717, 1.165) is 22.6 Å². The highest BCUT2D eigenvalue weighted by molar-refractivity contribution is 7.14. The van der Waals surface area contributed by atoms with Crippen molar-refractivity contribution in [2.24, 2.45) is 0 Å². The Bertz CT molecular complexity index is 562. The molecule has 0 saturated carbocycles. The molecule has 4 heteroatoms. The summed E-state index contributed by atoms with van der Waals surface area (Å²) in [6, 6.07) is 5.38. The van der Waals surface area contributed by atoms with Gasteiger partial charge in [0.1, 0.15) is 11.6 Å². The maximum atomic E-state index is 13.4. The summed E-state index contributed by atoms with van der Waals surface area (Å²) in [6.07, 6.45) is -0.238. The predicted molar refractivity (Wildman–Crippen MR) is 68.2 cm³/mol. The van der Waals surface area contributed by atoms with E-state index in [1.165, 1.54) is 17.4 Å². The second kappa shape index (κ2) is 4.98. The first-order chi connectivity index (χ1) is 8.49. The van der Waals surface area contributed by atoms with Gasteiger partial charge in [-0.15, -0.1) is 11.3 Å². The van der Waals surface area contributed by atoms with Crippen molar-refractivity contribution in [1.82, 2.24) is 0 Å². The smallest absolute Gasteiger partial charge is 0.177 e. The second-order valence-corrected chi connectivity index (χ2v) is 5.41. The zero-order chi connectivity index (χ0) is 13.3. The number of hydrogen-bond donors (Lipinski definition) is 0. The lowest BCUT2D eigenvalue weighted by Gasteiger charge is -2.02. The lowest BCUT2D eigenvalue weighted by molar-refractivity contribution is 0.0994. The van der Waals surface area contributed by atoms with E-state index in [1.54, 1.807) is 6.07 Å². The van der Waals surface area contributed by atoms with Gasteiger partial charge in [-0.05, 0) is 37.6 Å². The van der Waals surface area contributed by atoms with Gasteiger partial charge in [0.2, 0.25) is 0 Å². The van der Waals surface area contributed by atoms with Gasteiger partial charge >= 0.3 is 0 Å². The monoisotopic (exact) mass is 266 g/mol. The summed E-state index contributed by atoms with van der Waals surface area (Å²) in [5.41, 5.74) is 0.864. The van der Waals surface area contributed by atoms with E-state index in [4.69, 9.17) is 0 Å². The molecule has 2 rings (SSSR count). The normalized spacial score (nSPS) is 10.7. The summed E-state index contributed by atoms with van der Waals surface area (Å²) in [7, 11) is 0. The van der Waals surface area contributed by atoms with E-state index >= 15 is 0 Å². The highest BCUT2D eigenvalue weighted by atomic mass is 32.1. The van der Waals surface area contributed by atoms with Crippen LogP contribution in [0.15, 0.2) is 24.3 Å². The Morgan fingerprint density at radius 2 is 1.83 bits per heavy atom. The maximum Gasteiger partial charge on any atom is 0.177 e. The summed E-state index contributed by atoms with van der Waals surface area (Å²) < 4.78 is 26.8. The van der Waals surface area contributed by atoms with Gasteiger partial charge < -0.3 is 0 Å². The molecular weight excluding hydrogens is 254 g/mol. The first-order valence-electron chi connectivity index (χ1n) is 5.52. The van der Waals surface area contributed by atoms with Crippen molar-refractivity contribution in [2.45, 2.75) is 20.3 Å². The number of rotatable bonds is 3. The van der Waals surface area contributed by atoms with E-state index in [1.807, 2.05) is 13.8 Å². The van der Waals surface area contributed by atoms with Crippen molar-refractivity contribution in [3.05, 3.63) is 56.8 Å². The number of thiophene rings is 1. The van der Waals surface area contributed by atoms with Crippen molar-refractivity contribution in [1.29, 1.82) is 0 Å². The molecule has 1 nitrogen and oxygen atoms in total. The molecule has 0 spiro atoms. The molecule has 0 unspecified atom stereocenters. The molecule has 0 aliphatic carbocycles. The third-order valence-electron chi connectivity index (χ3n) is 2.84. The van der Waals surface area contributed by atoms with E-state index in [-0.39, 0.29) is 17.8 Å². The standard InChI is InChI=1S/C14H12F2OS/c1-8-6-14(18-9(8)2)13(17)7-10-11(15)4-3-5-12(10)16/h3-6H,7H2,1-2H3. The minimum absolute atomic E-state index is 0.161. The number of hydrogen-bond acceptors (Lipinski definition) is 2. The molecule has 0 saturated heterocycles. The van der Waals surface area contributed by atoms with Crippen LogP contribution in [0.5, 0.6) is 0 Å². The van der Waals surface area contributed by atoms with Gasteiger partial charge in [0.05, 0.1) is 4.88 Å². The fraction of sp³-hybridized carbons (Fsp3) is 0.214. The fourth-order valence-electron chi connectivity index (χ4n) is 1.66. The fourth-order valence-corrected chi connectivity index (χ4v) is 2.63. The third kappa shape index (κ3) is 2.48. The molecule has 2 aromatic rings. The molecular formula is C14H12F2OS. The van der Waals surface area contributed by atoms with Gasteiger partial charge in [0.15, 0.2) is 5.78 Å². The number of carbonyl (C=O) groups excluding carboxylic acids is 1. The van der Waals surface area contributed by atoms with Crippen LogP contribution in [0, 0.1) is 25.5 Å². The van der Waals surface area contributed by atoms with Gasteiger partial charge in [-0.25, -0.2) is 8.78 Å². The van der Waals surface area contributed by atoms with Crippen LogP contribution in [0.1, 0.15) is 25.7 Å². The SMILES string of the molecule is Cc1cc(C(=O)Cc2c(F)cccc2F)sc1C. The van der Waals surface area contributed by atoms with Crippen LogP contribution in [0.2, 0.25) is 0 Å². The molecule has 94 valence electrons. The highest BCUT2D eigenvalue weighted by Gasteiger charge is 2.16. The Kier molecular flexibility index (Phi) is 3.57. The molecule has 0 amide bonds. The zero-order valence-corrected chi connectivity index (χ0v) is 10.9. The predicted octanol–water partition coefficient (Wildman–Crippen LogP) is 4.07. The van der Waals surface area contributed by atoms with Crippen LogP contribution in [0.3, 0.4) is 0 Å². The molecule has 1 aromatic carbocycles. The van der Waals surface area contributed by atoms with Crippen LogP contribution < -0.4 is 0 Å². The Morgan fingerprint density at radius 3 is 2.33 bits per heavy atom. The summed E-state index contributed by atoms with van der Waals surface area (Å²) in [5, 5.41) is 0. The third-order valence-corrected chi connectivity index (χ3v) is 4.03. The minimum Gasteiger partial charge on any atom is -0.293 e. The topological polar surface area (TPSA) is 17.1 Å². The molecule has 1 heterocycles. The number of halogens is 2. The van der Waals surface area contributed by atoms with Crippen molar-refractivity contribution < 1.29 is 13.6 Å². The van der Waals surface area contributed by atoms with Crippen LogP contribution in [-0.2, 0) is 6.42 Å². The largest absolute Gasteiger partial charge is 0.293 e. The first kappa shape index (κ1) is 12.9. The Labute approximate surface area is 108 Å². The number of ketones is 1. The number of carbonyl (C=O) groups is 1. The van der Waals surface area contributed by atoms with Crippen LogP contribution >= 0.6 is 11.3 Å². The number of aryl methyl sites for hydroxylation is 2. The average molecular weight is 266 g/mol. The van der Waals surface area contributed by atoms with Gasteiger partial charge in [-0.1, -0.05) is 6.07 Å². The van der Waals surface area contributed by atoms with E-state index in [0.29, 0.717) is 4.88 Å². The molecule has 0 bridgehead atoms. The molecule has 0 aliphatic rings. The van der Waals surface area contributed by atoms with Crippen molar-refractivity contribution in [2.75, 3.05) is 0 Å². The van der Waals surface area contributed by atoms with Crippen LogP contribution in [0.4, 0.5) is 8.78 Å². The van der Waals surface area contributed by atoms with Crippen molar-refractivity contribution in [3.63, 3.8) is 0 Å². The van der Waals surface area contributed by atoms with E-state index < -0.39 is 11.6 Å². The quantitative estimate of drug-likeness (QED) is 0.765. The van der Waals surface area contributed by atoms with Crippen molar-refractivity contribution >= 4 is 17.1 Å². The molecule has 0 radical (unpaired) electrons.